The molecule has 0 N–H and O–H groups in total. The molecule has 0 aliphatic heterocycles. The number of ether oxygens (including phenoxy) is 1. The number of benzene rings is 4. The van der Waals surface area contributed by atoms with Crippen molar-refractivity contribution < 1.29 is 4.74 Å². The summed E-state index contributed by atoms with van der Waals surface area (Å²) in [4.78, 5) is 14.7. The van der Waals surface area contributed by atoms with E-state index in [1.54, 1.807) is 0 Å². The van der Waals surface area contributed by atoms with Crippen LogP contribution in [0, 0.1) is 0 Å². The maximum absolute atomic E-state index is 6.47. The summed E-state index contributed by atoms with van der Waals surface area (Å²) in [6.45, 7) is 4.37. The highest BCUT2D eigenvalue weighted by Crippen LogP contribution is 2.36. The van der Waals surface area contributed by atoms with Crippen LogP contribution < -0.4 is 4.74 Å². The summed E-state index contributed by atoms with van der Waals surface area (Å²) in [6, 6.07) is 35.2. The van der Waals surface area contributed by atoms with Gasteiger partial charge in [0.25, 0.3) is 0 Å². The lowest BCUT2D eigenvalue weighted by Gasteiger charge is -2.14. The highest BCUT2D eigenvalue weighted by Gasteiger charge is 2.17. The molecule has 0 radical (unpaired) electrons. The van der Waals surface area contributed by atoms with E-state index >= 15 is 0 Å². The Hall–Kier alpha value is -5.23. The number of fused-ring (bicyclic) bond motifs is 9. The van der Waals surface area contributed by atoms with Gasteiger partial charge in [-0.25, -0.2) is 15.0 Å². The molecule has 4 heterocycles. The third kappa shape index (κ3) is 3.39. The van der Waals surface area contributed by atoms with Crippen LogP contribution in [0.5, 0.6) is 11.5 Å². The molecule has 4 aromatic carbocycles. The van der Waals surface area contributed by atoms with Crippen LogP contribution in [0.1, 0.15) is 19.9 Å². The molecule has 0 aliphatic rings. The zero-order valence-corrected chi connectivity index (χ0v) is 22.1. The predicted molar refractivity (Wildman–Crippen MR) is 161 cm³/mol. The Bertz CT molecular complexity index is 2240. The maximum atomic E-state index is 6.47. The predicted octanol–water partition coefficient (Wildman–Crippen LogP) is 8.58. The molecule has 8 rings (SSSR count). The fourth-order valence-corrected chi connectivity index (χ4v) is 5.82. The number of hydrogen-bond acceptors (Lipinski definition) is 4. The van der Waals surface area contributed by atoms with Crippen LogP contribution in [0.3, 0.4) is 0 Å². The first-order valence-electron chi connectivity index (χ1n) is 13.5. The van der Waals surface area contributed by atoms with Gasteiger partial charge in [-0.05, 0) is 86.0 Å². The summed E-state index contributed by atoms with van der Waals surface area (Å²) in [7, 11) is 0. The zero-order chi connectivity index (χ0) is 26.8. The number of rotatable bonds is 4. The number of imidazole rings is 2. The Morgan fingerprint density at radius 3 is 2.25 bits per heavy atom. The minimum Gasteiger partial charge on any atom is -0.457 e. The van der Waals surface area contributed by atoms with E-state index in [-0.39, 0.29) is 6.04 Å². The van der Waals surface area contributed by atoms with Gasteiger partial charge in [0.2, 0.25) is 0 Å². The Labute approximate surface area is 230 Å². The summed E-state index contributed by atoms with van der Waals surface area (Å²) >= 11 is 0. The SMILES string of the molecule is CC(C)n1c(-c2cccc(Oc3ccc4c5cccnc5n5c6ccccc6nc5c4c3)c2)nc2ccccc21. The van der Waals surface area contributed by atoms with E-state index in [1.807, 2.05) is 54.7 Å². The third-order valence-electron chi connectivity index (χ3n) is 7.52. The molecule has 0 saturated heterocycles. The van der Waals surface area contributed by atoms with Gasteiger partial charge < -0.3 is 9.30 Å². The molecule has 0 bridgehead atoms. The second-order valence-corrected chi connectivity index (χ2v) is 10.4. The summed E-state index contributed by atoms with van der Waals surface area (Å²) < 4.78 is 10.9. The van der Waals surface area contributed by atoms with Crippen molar-refractivity contribution in [2.24, 2.45) is 0 Å². The molecule has 0 unspecified atom stereocenters. The third-order valence-corrected chi connectivity index (χ3v) is 7.52. The van der Waals surface area contributed by atoms with Gasteiger partial charge in [0.1, 0.15) is 28.6 Å². The van der Waals surface area contributed by atoms with Crippen LogP contribution in [-0.4, -0.2) is 23.9 Å². The number of hydrogen-bond donors (Lipinski definition) is 0. The van der Waals surface area contributed by atoms with Gasteiger partial charge in [0.15, 0.2) is 0 Å². The Morgan fingerprint density at radius 2 is 1.40 bits per heavy atom. The van der Waals surface area contributed by atoms with Crippen LogP contribution in [-0.2, 0) is 0 Å². The van der Waals surface area contributed by atoms with E-state index in [2.05, 4.69) is 77.4 Å². The van der Waals surface area contributed by atoms with Crippen molar-refractivity contribution in [1.82, 2.24) is 23.9 Å². The highest BCUT2D eigenvalue weighted by molar-refractivity contribution is 6.13. The number of aromatic nitrogens is 5. The fourth-order valence-electron chi connectivity index (χ4n) is 5.82. The lowest BCUT2D eigenvalue weighted by Crippen LogP contribution is -2.03. The topological polar surface area (TPSA) is 57.2 Å². The van der Waals surface area contributed by atoms with Crippen molar-refractivity contribution in [3.8, 4) is 22.9 Å². The van der Waals surface area contributed by atoms with Gasteiger partial charge in [-0.1, -0.05) is 36.4 Å². The van der Waals surface area contributed by atoms with Gasteiger partial charge in [-0.2, -0.15) is 0 Å². The maximum Gasteiger partial charge on any atom is 0.147 e. The monoisotopic (exact) mass is 519 g/mol. The van der Waals surface area contributed by atoms with Gasteiger partial charge in [-0.3, -0.25) is 4.40 Å². The van der Waals surface area contributed by atoms with Crippen LogP contribution in [0.15, 0.2) is 109 Å². The summed E-state index contributed by atoms with van der Waals surface area (Å²) in [6.07, 6.45) is 1.83. The van der Waals surface area contributed by atoms with Crippen molar-refractivity contribution in [2.45, 2.75) is 19.9 Å². The first-order valence-corrected chi connectivity index (χ1v) is 13.5. The molecule has 0 saturated carbocycles. The number of nitrogens with zero attached hydrogens (tertiary/aromatic N) is 5. The molecule has 8 aromatic rings. The lowest BCUT2D eigenvalue weighted by atomic mass is 10.1. The van der Waals surface area contributed by atoms with Crippen molar-refractivity contribution in [2.75, 3.05) is 0 Å². The Kier molecular flexibility index (Phi) is 4.91. The highest BCUT2D eigenvalue weighted by atomic mass is 16.5. The van der Waals surface area contributed by atoms with Crippen molar-refractivity contribution in [3.05, 3.63) is 109 Å². The molecule has 6 nitrogen and oxygen atoms in total. The number of para-hydroxylation sites is 4. The van der Waals surface area contributed by atoms with E-state index in [1.165, 1.54) is 0 Å². The first-order chi connectivity index (χ1) is 19.7. The summed E-state index contributed by atoms with van der Waals surface area (Å²) in [5.41, 5.74) is 6.88. The molecule has 0 spiro atoms. The van der Waals surface area contributed by atoms with Crippen molar-refractivity contribution in [3.63, 3.8) is 0 Å². The standard InChI is InChI=1S/C34H25N5O/c1-21(2)38-30-14-5-3-12-28(30)36-32(38)22-9-7-10-23(19-22)40-24-16-17-25-26-11-8-18-35-33(26)39-31-15-6-4-13-29(31)37-34(39)27(25)20-24/h3-21H,1-2H3. The largest absolute Gasteiger partial charge is 0.457 e. The van der Waals surface area contributed by atoms with Gasteiger partial charge in [0, 0.05) is 28.6 Å². The second-order valence-electron chi connectivity index (χ2n) is 10.4. The van der Waals surface area contributed by atoms with Gasteiger partial charge in [0.05, 0.1) is 22.1 Å². The zero-order valence-electron chi connectivity index (χ0n) is 22.1. The fraction of sp³-hybridized carbons (Fsp3) is 0.0882. The van der Waals surface area contributed by atoms with Crippen molar-refractivity contribution in [1.29, 1.82) is 0 Å². The quantitative estimate of drug-likeness (QED) is 0.219. The van der Waals surface area contributed by atoms with Crippen molar-refractivity contribution >= 4 is 49.5 Å². The molecule has 40 heavy (non-hydrogen) atoms. The Morgan fingerprint density at radius 1 is 0.625 bits per heavy atom. The smallest absolute Gasteiger partial charge is 0.147 e. The molecule has 0 aliphatic carbocycles. The average molecular weight is 520 g/mol. The van der Waals surface area contributed by atoms with Gasteiger partial charge >= 0.3 is 0 Å². The molecule has 6 heteroatoms. The number of pyridine rings is 2. The van der Waals surface area contributed by atoms with Crippen LogP contribution in [0.2, 0.25) is 0 Å². The molecular formula is C34H25N5O. The minimum absolute atomic E-state index is 0.268. The minimum atomic E-state index is 0.268. The van der Waals surface area contributed by atoms with E-state index in [9.17, 15) is 0 Å². The molecule has 4 aromatic heterocycles. The molecular weight excluding hydrogens is 494 g/mol. The van der Waals surface area contributed by atoms with E-state index in [0.717, 1.165) is 72.4 Å². The molecule has 192 valence electrons. The van der Waals surface area contributed by atoms with E-state index in [4.69, 9.17) is 19.7 Å². The van der Waals surface area contributed by atoms with Gasteiger partial charge in [-0.15, -0.1) is 0 Å². The Balaban J connectivity index is 1.27. The molecule has 0 amide bonds. The lowest BCUT2D eigenvalue weighted by molar-refractivity contribution is 0.483. The molecule has 0 fully saturated rings. The van der Waals surface area contributed by atoms with E-state index in [0.29, 0.717) is 0 Å². The average Bonchev–Trinajstić information content (AvgIpc) is 3.57. The normalized spacial score (nSPS) is 12.0. The van der Waals surface area contributed by atoms with E-state index < -0.39 is 0 Å². The second kappa shape index (κ2) is 8.64. The van der Waals surface area contributed by atoms with Crippen LogP contribution in [0.25, 0.3) is 60.9 Å². The summed E-state index contributed by atoms with van der Waals surface area (Å²) in [5, 5.41) is 3.19. The molecule has 0 atom stereocenters. The van der Waals surface area contributed by atoms with Crippen LogP contribution in [0.4, 0.5) is 0 Å². The van der Waals surface area contributed by atoms with Crippen LogP contribution >= 0.6 is 0 Å². The summed E-state index contributed by atoms with van der Waals surface area (Å²) in [5.74, 6) is 2.44. The first kappa shape index (κ1) is 22.7.